The predicted octanol–water partition coefficient (Wildman–Crippen LogP) is 9.09. The first-order valence-electron chi connectivity index (χ1n) is 16.8. The second-order valence-corrected chi connectivity index (χ2v) is 16.2. The molecule has 0 aliphatic carbocycles. The molecule has 0 saturated carbocycles. The van der Waals surface area contributed by atoms with E-state index in [9.17, 15) is 4.79 Å². The highest BCUT2D eigenvalue weighted by molar-refractivity contribution is 6.48. The number of methoxy groups -OCH3 is 1. The molecule has 9 heteroatoms. The van der Waals surface area contributed by atoms with E-state index in [0.717, 1.165) is 27.8 Å². The Bertz CT molecular complexity index is 1830. The molecule has 0 aliphatic rings. The minimum atomic E-state index is -1.32. The zero-order valence-corrected chi connectivity index (χ0v) is 30.9. The Morgan fingerprint density at radius 1 is 0.816 bits per heavy atom. The number of nitrogens with zero attached hydrogens (tertiary/aromatic N) is 3. The van der Waals surface area contributed by atoms with Gasteiger partial charge >= 0.3 is 5.97 Å². The smallest absolute Gasteiger partial charge is 0.360 e. The number of benzene rings is 4. The predicted molar refractivity (Wildman–Crippen MR) is 196 cm³/mol. The highest BCUT2D eigenvalue weighted by atomic mass is 28.3. The summed E-state index contributed by atoms with van der Waals surface area (Å²) in [6.45, 7) is 15.9. The van der Waals surface area contributed by atoms with Crippen LogP contribution in [0.15, 0.2) is 97.1 Å². The van der Waals surface area contributed by atoms with E-state index in [-0.39, 0.29) is 23.1 Å². The number of carbonyl (C=O) groups excluding carboxylic acids is 1. The summed E-state index contributed by atoms with van der Waals surface area (Å²) in [5.74, 6) is 0.786. The molecule has 8 nitrogen and oxygen atoms in total. The number of hydrogen-bond donors (Lipinski definition) is 0. The second kappa shape index (κ2) is 15.7. The normalized spacial score (nSPS) is 12.3. The van der Waals surface area contributed by atoms with Gasteiger partial charge in [-0.1, -0.05) is 125 Å². The van der Waals surface area contributed by atoms with Crippen molar-refractivity contribution in [3.05, 3.63) is 125 Å². The van der Waals surface area contributed by atoms with Gasteiger partial charge in [-0.3, -0.25) is 0 Å². The molecule has 0 fully saturated rings. The molecule has 1 atom stereocenters. The van der Waals surface area contributed by atoms with Crippen LogP contribution < -0.4 is 9.47 Å². The molecular weight excluding hydrogens is 631 g/mol. The topological polar surface area (TPSA) is 84.7 Å². The summed E-state index contributed by atoms with van der Waals surface area (Å²) in [4.78, 5) is 13.1. The van der Waals surface area contributed by atoms with Crippen molar-refractivity contribution >= 4 is 15.0 Å². The van der Waals surface area contributed by atoms with Gasteiger partial charge in [0.2, 0.25) is 0 Å². The fourth-order valence-electron chi connectivity index (χ4n) is 5.71. The van der Waals surface area contributed by atoms with Gasteiger partial charge in [-0.05, 0) is 52.7 Å². The first-order valence-corrected chi connectivity index (χ1v) is 19.6. The Hall–Kier alpha value is -4.73. The fraction of sp³-hybridized carbons (Fsp3) is 0.325. The molecule has 256 valence electrons. The highest BCUT2D eigenvalue weighted by Gasteiger charge is 2.30. The number of ether oxygens (including phenoxy) is 3. The molecule has 5 aromatic rings. The van der Waals surface area contributed by atoms with E-state index in [1.807, 2.05) is 84.9 Å². The van der Waals surface area contributed by atoms with Crippen molar-refractivity contribution in [1.29, 1.82) is 0 Å². The molecule has 0 spiro atoms. The second-order valence-electron chi connectivity index (χ2n) is 13.8. The van der Waals surface area contributed by atoms with E-state index in [2.05, 4.69) is 70.2 Å². The molecule has 4 aromatic carbocycles. The van der Waals surface area contributed by atoms with E-state index >= 15 is 0 Å². The third-order valence-electron chi connectivity index (χ3n) is 8.15. The Labute approximate surface area is 291 Å². The number of aromatic nitrogens is 3. The van der Waals surface area contributed by atoms with Crippen molar-refractivity contribution < 1.29 is 23.4 Å². The maximum absolute atomic E-state index is 13.1. The first-order chi connectivity index (χ1) is 23.5. The Balaban J connectivity index is 1.64. The molecule has 0 radical (unpaired) electrons. The third-order valence-corrected chi connectivity index (χ3v) is 8.96. The molecule has 5 rings (SSSR count). The summed E-state index contributed by atoms with van der Waals surface area (Å²) < 4.78 is 26.3. The van der Waals surface area contributed by atoms with Crippen molar-refractivity contribution in [2.24, 2.45) is 5.41 Å². The lowest BCUT2D eigenvalue weighted by molar-refractivity contribution is 0.0595. The molecular formula is C40H47N3O5Si. The molecule has 0 bridgehead atoms. The molecule has 0 amide bonds. The maximum atomic E-state index is 13.1. The van der Waals surface area contributed by atoms with Crippen LogP contribution in [0.1, 0.15) is 79.4 Å². The summed E-state index contributed by atoms with van der Waals surface area (Å²) in [5, 5.41) is 8.87. The van der Waals surface area contributed by atoms with Gasteiger partial charge in [0.25, 0.3) is 0 Å². The van der Waals surface area contributed by atoms with Crippen LogP contribution in [-0.4, -0.2) is 37.1 Å². The van der Waals surface area contributed by atoms with Crippen LogP contribution in [0.5, 0.6) is 11.5 Å². The average molecular weight is 678 g/mol. The van der Waals surface area contributed by atoms with Crippen LogP contribution in [0.3, 0.4) is 0 Å². The van der Waals surface area contributed by atoms with Gasteiger partial charge in [0.1, 0.15) is 36.1 Å². The van der Waals surface area contributed by atoms with Gasteiger partial charge < -0.3 is 18.6 Å². The van der Waals surface area contributed by atoms with Crippen LogP contribution in [0, 0.1) is 5.41 Å². The SMILES string of the molecule is COC(=O)c1nnn(-c2cc(C(C)C)c(OCc3ccccc3)cc2OCc2ccccc2)c1-c1ccc(C(O[SiH](C)C)C(C)(C)C)cc1. The molecule has 1 unspecified atom stereocenters. The summed E-state index contributed by atoms with van der Waals surface area (Å²) >= 11 is 0. The van der Waals surface area contributed by atoms with Crippen LogP contribution >= 0.6 is 0 Å². The quantitative estimate of drug-likeness (QED) is 0.0908. The van der Waals surface area contributed by atoms with Crippen LogP contribution in [0.4, 0.5) is 0 Å². The van der Waals surface area contributed by atoms with Crippen molar-refractivity contribution in [2.75, 3.05) is 7.11 Å². The van der Waals surface area contributed by atoms with Crippen molar-refractivity contribution in [1.82, 2.24) is 15.0 Å². The van der Waals surface area contributed by atoms with Gasteiger partial charge in [0.15, 0.2) is 14.7 Å². The minimum absolute atomic E-state index is 0.0636. The van der Waals surface area contributed by atoms with Gasteiger partial charge in [-0.25, -0.2) is 9.48 Å². The van der Waals surface area contributed by atoms with E-state index in [0.29, 0.717) is 36.1 Å². The fourth-order valence-corrected chi connectivity index (χ4v) is 6.82. The molecule has 49 heavy (non-hydrogen) atoms. The molecule has 0 aliphatic heterocycles. The minimum Gasteiger partial charge on any atom is -0.488 e. The number of hydrogen-bond acceptors (Lipinski definition) is 7. The average Bonchev–Trinajstić information content (AvgIpc) is 3.53. The lowest BCUT2D eigenvalue weighted by atomic mass is 9.84. The van der Waals surface area contributed by atoms with Gasteiger partial charge in [0.05, 0.1) is 13.2 Å². The number of rotatable bonds is 13. The van der Waals surface area contributed by atoms with Crippen molar-refractivity contribution in [2.45, 2.75) is 72.9 Å². The monoisotopic (exact) mass is 677 g/mol. The summed E-state index contributed by atoms with van der Waals surface area (Å²) in [7, 11) is 0.0255. The van der Waals surface area contributed by atoms with Gasteiger partial charge in [-0.15, -0.1) is 5.10 Å². The zero-order chi connectivity index (χ0) is 35.1. The Morgan fingerprint density at radius 3 is 1.90 bits per heavy atom. The summed E-state index contributed by atoms with van der Waals surface area (Å²) in [6, 6.07) is 32.1. The van der Waals surface area contributed by atoms with Crippen LogP contribution in [-0.2, 0) is 22.4 Å². The number of carbonyl (C=O) groups is 1. The first kappa shape index (κ1) is 35.6. The zero-order valence-electron chi connectivity index (χ0n) is 29.8. The van der Waals surface area contributed by atoms with E-state index < -0.39 is 15.0 Å². The lowest BCUT2D eigenvalue weighted by Gasteiger charge is -2.33. The molecule has 0 saturated heterocycles. The molecule has 1 aromatic heterocycles. The van der Waals surface area contributed by atoms with E-state index in [4.69, 9.17) is 18.6 Å². The van der Waals surface area contributed by atoms with Crippen LogP contribution in [0.25, 0.3) is 16.9 Å². The summed E-state index contributed by atoms with van der Waals surface area (Å²) in [5.41, 5.74) is 6.03. The van der Waals surface area contributed by atoms with Gasteiger partial charge in [-0.2, -0.15) is 0 Å². The van der Waals surface area contributed by atoms with E-state index in [1.165, 1.54) is 7.11 Å². The van der Waals surface area contributed by atoms with Crippen LogP contribution in [0.2, 0.25) is 13.1 Å². The standard InChI is InChI=1S/C40H47N3O5Si/c1-27(2)32-23-33(35(47-26-29-17-13-10-14-18-29)24-34(32)46-25-28-15-11-9-12-16-28)43-37(36(41-42-43)39(44)45-6)30-19-21-31(22-20-30)38(40(3,4)5)48-49(7)8/h9-24,27,38,49H,25-26H2,1-8H3. The number of esters is 1. The van der Waals surface area contributed by atoms with Crippen molar-refractivity contribution in [3.63, 3.8) is 0 Å². The lowest BCUT2D eigenvalue weighted by Crippen LogP contribution is -2.25. The Morgan fingerprint density at radius 2 is 1.39 bits per heavy atom. The third kappa shape index (κ3) is 8.66. The highest BCUT2D eigenvalue weighted by Crippen LogP contribution is 2.40. The molecule has 1 heterocycles. The van der Waals surface area contributed by atoms with Crippen molar-refractivity contribution in [3.8, 4) is 28.4 Å². The largest absolute Gasteiger partial charge is 0.488 e. The van der Waals surface area contributed by atoms with Gasteiger partial charge in [0, 0.05) is 11.6 Å². The summed E-state index contributed by atoms with van der Waals surface area (Å²) in [6.07, 6.45) is -0.0636. The maximum Gasteiger partial charge on any atom is 0.360 e. The Kier molecular flexibility index (Phi) is 11.4. The molecule has 0 N–H and O–H groups in total. The van der Waals surface area contributed by atoms with E-state index in [1.54, 1.807) is 4.68 Å².